The van der Waals surface area contributed by atoms with E-state index < -0.39 is 0 Å². The first-order chi connectivity index (χ1) is 9.02. The zero-order valence-corrected chi connectivity index (χ0v) is 13.0. The Hall–Kier alpha value is -1.05. The Bertz CT molecular complexity index is 636. The van der Waals surface area contributed by atoms with E-state index in [9.17, 15) is 9.90 Å². The minimum atomic E-state index is -0.224. The van der Waals surface area contributed by atoms with Gasteiger partial charge in [-0.3, -0.25) is 4.57 Å². The van der Waals surface area contributed by atoms with Gasteiger partial charge in [0.05, 0.1) is 6.61 Å². The van der Waals surface area contributed by atoms with Gasteiger partial charge in [0.1, 0.15) is 0 Å². The minimum Gasteiger partial charge on any atom is -0.392 e. The number of aliphatic hydroxyl groups is 1. The molecule has 2 N–H and O–H groups in total. The molecule has 0 unspecified atom stereocenters. The lowest BCUT2D eigenvalue weighted by Crippen LogP contribution is -2.19. The van der Waals surface area contributed by atoms with Crippen LogP contribution in [0.15, 0.2) is 37.5 Å². The molecule has 19 heavy (non-hydrogen) atoms. The van der Waals surface area contributed by atoms with Gasteiger partial charge in [-0.2, -0.15) is 0 Å². The van der Waals surface area contributed by atoms with Gasteiger partial charge in [-0.05, 0) is 43.3 Å². The van der Waals surface area contributed by atoms with E-state index in [1.165, 1.54) is 11.8 Å². The van der Waals surface area contributed by atoms with E-state index >= 15 is 0 Å². The largest absolute Gasteiger partial charge is 0.392 e. The molecule has 0 aliphatic heterocycles. The number of hydrogen-bond donors (Lipinski definition) is 2. The van der Waals surface area contributed by atoms with Crippen molar-refractivity contribution in [3.05, 3.63) is 38.7 Å². The Balaban J connectivity index is 2.41. The molecule has 0 fully saturated rings. The quantitative estimate of drug-likeness (QED) is 0.894. The maximum atomic E-state index is 11.7. The molecule has 0 radical (unpaired) electrons. The molecule has 0 aliphatic carbocycles. The third-order valence-electron chi connectivity index (χ3n) is 2.59. The van der Waals surface area contributed by atoms with Gasteiger partial charge in [-0.1, -0.05) is 22.0 Å². The average molecular weight is 344 g/mol. The Kier molecular flexibility index (Phi) is 4.49. The van der Waals surface area contributed by atoms with Crippen LogP contribution in [-0.4, -0.2) is 19.9 Å². The summed E-state index contributed by atoms with van der Waals surface area (Å²) in [7, 11) is 0. The van der Waals surface area contributed by atoms with Crippen molar-refractivity contribution in [3.8, 4) is 0 Å². The molecule has 1 aromatic carbocycles. The maximum Gasteiger partial charge on any atom is 0.344 e. The molecular formula is C12H14BrN3O2S. The van der Waals surface area contributed by atoms with Crippen LogP contribution in [0.4, 0.5) is 0 Å². The van der Waals surface area contributed by atoms with Crippen LogP contribution in [0, 0.1) is 0 Å². The number of rotatable bonds is 4. The van der Waals surface area contributed by atoms with Crippen LogP contribution in [0.1, 0.15) is 25.5 Å². The Morgan fingerprint density at radius 2 is 2.26 bits per heavy atom. The highest BCUT2D eigenvalue weighted by molar-refractivity contribution is 9.10. The molecule has 2 aromatic rings. The van der Waals surface area contributed by atoms with Gasteiger partial charge < -0.3 is 5.11 Å². The predicted molar refractivity (Wildman–Crippen MR) is 77.4 cm³/mol. The van der Waals surface area contributed by atoms with E-state index in [2.05, 4.69) is 26.1 Å². The van der Waals surface area contributed by atoms with Crippen molar-refractivity contribution >= 4 is 27.7 Å². The van der Waals surface area contributed by atoms with E-state index in [-0.39, 0.29) is 18.3 Å². The molecular weight excluding hydrogens is 330 g/mol. The molecule has 1 aromatic heterocycles. The highest BCUT2D eigenvalue weighted by Gasteiger charge is 2.14. The summed E-state index contributed by atoms with van der Waals surface area (Å²) in [6.07, 6.45) is 0. The Morgan fingerprint density at radius 3 is 2.89 bits per heavy atom. The summed E-state index contributed by atoms with van der Waals surface area (Å²) in [5.41, 5.74) is 0.581. The number of aliphatic hydroxyl groups excluding tert-OH is 1. The number of nitrogens with one attached hydrogen (secondary N) is 1. The van der Waals surface area contributed by atoms with Crippen molar-refractivity contribution in [2.45, 2.75) is 36.5 Å². The van der Waals surface area contributed by atoms with Crippen molar-refractivity contribution in [3.63, 3.8) is 0 Å². The van der Waals surface area contributed by atoms with Crippen LogP contribution in [0.3, 0.4) is 0 Å². The number of halogens is 1. The fourth-order valence-corrected chi connectivity index (χ4v) is 3.31. The molecule has 0 aliphatic rings. The van der Waals surface area contributed by atoms with Crippen molar-refractivity contribution in [1.82, 2.24) is 14.8 Å². The van der Waals surface area contributed by atoms with Crippen LogP contribution < -0.4 is 5.69 Å². The van der Waals surface area contributed by atoms with Gasteiger partial charge in [0.2, 0.25) is 0 Å². The molecule has 0 amide bonds. The predicted octanol–water partition coefficient (Wildman–Crippen LogP) is 2.56. The van der Waals surface area contributed by atoms with Crippen molar-refractivity contribution in [1.29, 1.82) is 0 Å². The number of hydrogen-bond acceptors (Lipinski definition) is 4. The number of nitrogens with zero attached hydrogens (tertiary/aromatic N) is 2. The maximum absolute atomic E-state index is 11.7. The molecule has 0 saturated heterocycles. The summed E-state index contributed by atoms with van der Waals surface area (Å²) < 4.78 is 2.51. The molecule has 5 nitrogen and oxygen atoms in total. The van der Waals surface area contributed by atoms with Crippen LogP contribution in [0.5, 0.6) is 0 Å². The van der Waals surface area contributed by atoms with E-state index in [1.54, 1.807) is 4.57 Å². The number of aromatic amines is 1. The van der Waals surface area contributed by atoms with E-state index in [1.807, 2.05) is 32.0 Å². The molecule has 2 rings (SSSR count). The molecule has 1 heterocycles. The summed E-state index contributed by atoms with van der Waals surface area (Å²) in [5.74, 6) is 0. The molecule has 0 saturated carbocycles. The van der Waals surface area contributed by atoms with Crippen LogP contribution in [0.25, 0.3) is 0 Å². The summed E-state index contributed by atoms with van der Waals surface area (Å²) in [6, 6.07) is 5.64. The van der Waals surface area contributed by atoms with Crippen molar-refractivity contribution < 1.29 is 5.11 Å². The summed E-state index contributed by atoms with van der Waals surface area (Å²) in [6.45, 7) is 3.80. The Morgan fingerprint density at radius 1 is 1.53 bits per heavy atom. The lowest BCUT2D eigenvalue weighted by molar-refractivity contribution is 0.279. The first-order valence-corrected chi connectivity index (χ1v) is 7.38. The zero-order chi connectivity index (χ0) is 14.0. The average Bonchev–Trinajstić information content (AvgIpc) is 2.71. The number of benzene rings is 1. The zero-order valence-electron chi connectivity index (χ0n) is 10.6. The first-order valence-electron chi connectivity index (χ1n) is 5.77. The minimum absolute atomic E-state index is 0.0264. The van der Waals surface area contributed by atoms with Crippen LogP contribution in [-0.2, 0) is 6.61 Å². The third-order valence-corrected chi connectivity index (χ3v) is 4.15. The summed E-state index contributed by atoms with van der Waals surface area (Å²) in [5, 5.41) is 16.4. The van der Waals surface area contributed by atoms with Gasteiger partial charge in [-0.15, -0.1) is 5.10 Å². The SMILES string of the molecule is CC(C)n1c(Sc2cc(Br)ccc2CO)n[nH]c1=O. The summed E-state index contributed by atoms with van der Waals surface area (Å²) in [4.78, 5) is 12.5. The Labute approximate surface area is 123 Å². The van der Waals surface area contributed by atoms with E-state index in [0.717, 1.165) is 14.9 Å². The lowest BCUT2D eigenvalue weighted by Gasteiger charge is -2.10. The van der Waals surface area contributed by atoms with Gasteiger partial charge in [0.25, 0.3) is 0 Å². The van der Waals surface area contributed by atoms with E-state index in [4.69, 9.17) is 0 Å². The van der Waals surface area contributed by atoms with Gasteiger partial charge in [0.15, 0.2) is 5.16 Å². The monoisotopic (exact) mass is 343 g/mol. The molecule has 102 valence electrons. The molecule has 0 bridgehead atoms. The molecule has 0 atom stereocenters. The second kappa shape index (κ2) is 5.94. The van der Waals surface area contributed by atoms with Crippen LogP contribution >= 0.6 is 27.7 Å². The number of aromatic nitrogens is 3. The lowest BCUT2D eigenvalue weighted by atomic mass is 10.2. The molecule has 0 spiro atoms. The smallest absolute Gasteiger partial charge is 0.344 e. The van der Waals surface area contributed by atoms with Gasteiger partial charge in [0, 0.05) is 15.4 Å². The second-order valence-corrected chi connectivity index (χ2v) is 6.21. The fourth-order valence-electron chi connectivity index (χ4n) is 1.67. The fraction of sp³-hybridized carbons (Fsp3) is 0.333. The second-order valence-electron chi connectivity index (χ2n) is 4.29. The highest BCUT2D eigenvalue weighted by atomic mass is 79.9. The summed E-state index contributed by atoms with van der Waals surface area (Å²) >= 11 is 4.76. The van der Waals surface area contributed by atoms with E-state index in [0.29, 0.717) is 5.16 Å². The number of H-pyrrole nitrogens is 1. The first kappa shape index (κ1) is 14.4. The van der Waals surface area contributed by atoms with Crippen LogP contribution in [0.2, 0.25) is 0 Å². The third kappa shape index (κ3) is 3.10. The van der Waals surface area contributed by atoms with Crippen molar-refractivity contribution in [2.75, 3.05) is 0 Å². The standard InChI is InChI=1S/C12H14BrN3O2S/c1-7(2)16-11(18)14-15-12(16)19-10-5-9(13)4-3-8(10)6-17/h3-5,7,17H,6H2,1-2H3,(H,14,18). The van der Waals surface area contributed by atoms with Crippen molar-refractivity contribution in [2.24, 2.45) is 0 Å². The molecule has 7 heteroatoms. The van der Waals surface area contributed by atoms with Gasteiger partial charge in [-0.25, -0.2) is 9.89 Å². The van der Waals surface area contributed by atoms with Gasteiger partial charge >= 0.3 is 5.69 Å². The highest BCUT2D eigenvalue weighted by Crippen LogP contribution is 2.31. The topological polar surface area (TPSA) is 70.9 Å². The normalized spacial score (nSPS) is 11.2.